The Labute approximate surface area is 217 Å². The molecule has 1 aromatic heterocycles. The van der Waals surface area contributed by atoms with Crippen molar-refractivity contribution in [2.24, 2.45) is 0 Å². The monoisotopic (exact) mass is 503 g/mol. The lowest BCUT2D eigenvalue weighted by molar-refractivity contribution is -0.129. The zero-order valence-electron chi connectivity index (χ0n) is 21.2. The first-order chi connectivity index (χ1) is 17.4. The Morgan fingerprint density at radius 3 is 2.36 bits per heavy atom. The second-order valence-corrected chi connectivity index (χ2v) is 9.93. The van der Waals surface area contributed by atoms with Crippen molar-refractivity contribution in [3.63, 3.8) is 0 Å². The van der Waals surface area contributed by atoms with E-state index < -0.39 is 0 Å². The highest BCUT2D eigenvalue weighted by Gasteiger charge is 2.21. The zero-order valence-corrected chi connectivity index (χ0v) is 22.0. The molecular formula is C28H33N5O2S. The van der Waals surface area contributed by atoms with Crippen molar-refractivity contribution in [3.05, 3.63) is 83.0 Å². The van der Waals surface area contributed by atoms with Gasteiger partial charge in [0.1, 0.15) is 5.82 Å². The molecule has 188 valence electrons. The third kappa shape index (κ3) is 6.63. The van der Waals surface area contributed by atoms with Crippen molar-refractivity contribution in [2.45, 2.75) is 37.7 Å². The molecule has 2 heterocycles. The largest absolute Gasteiger partial charge is 0.353 e. The van der Waals surface area contributed by atoms with Gasteiger partial charge in [0.25, 0.3) is 5.91 Å². The highest BCUT2D eigenvalue weighted by Crippen LogP contribution is 2.24. The summed E-state index contributed by atoms with van der Waals surface area (Å²) in [7, 11) is 1.83. The Bertz CT molecular complexity index is 1200. The maximum absolute atomic E-state index is 13.0. The van der Waals surface area contributed by atoms with Crippen molar-refractivity contribution in [1.29, 1.82) is 0 Å². The van der Waals surface area contributed by atoms with Gasteiger partial charge in [0, 0.05) is 69.8 Å². The fourth-order valence-electron chi connectivity index (χ4n) is 4.21. The molecule has 7 nitrogen and oxygen atoms in total. The molecule has 2 amide bonds. The number of carbonyl (C=O) groups is 2. The lowest BCUT2D eigenvalue weighted by Crippen LogP contribution is -2.48. The van der Waals surface area contributed by atoms with Gasteiger partial charge < -0.3 is 14.7 Å². The summed E-state index contributed by atoms with van der Waals surface area (Å²) in [6.07, 6.45) is 0.828. The van der Waals surface area contributed by atoms with Crippen molar-refractivity contribution < 1.29 is 9.59 Å². The van der Waals surface area contributed by atoms with Gasteiger partial charge in [-0.15, -0.1) is 0 Å². The van der Waals surface area contributed by atoms with Crippen molar-refractivity contribution in [3.8, 4) is 0 Å². The van der Waals surface area contributed by atoms with E-state index in [4.69, 9.17) is 9.97 Å². The fourth-order valence-corrected chi connectivity index (χ4v) is 5.02. The summed E-state index contributed by atoms with van der Waals surface area (Å²) in [5, 5.41) is 0.733. The first kappa shape index (κ1) is 25.7. The van der Waals surface area contributed by atoms with Crippen LogP contribution in [0.5, 0.6) is 0 Å². The van der Waals surface area contributed by atoms with Gasteiger partial charge in [-0.2, -0.15) is 0 Å². The van der Waals surface area contributed by atoms with Gasteiger partial charge in [-0.1, -0.05) is 61.2 Å². The fraction of sp³-hybridized carbons (Fsp3) is 0.357. The van der Waals surface area contributed by atoms with E-state index in [2.05, 4.69) is 17.9 Å². The maximum Gasteiger partial charge on any atom is 0.253 e. The molecule has 0 atom stereocenters. The van der Waals surface area contributed by atoms with E-state index in [0.29, 0.717) is 31.0 Å². The normalized spacial score (nSPS) is 13.5. The van der Waals surface area contributed by atoms with Crippen LogP contribution in [0.4, 0.5) is 5.82 Å². The molecule has 2 aromatic carbocycles. The summed E-state index contributed by atoms with van der Waals surface area (Å²) in [5.41, 5.74) is 3.84. The van der Waals surface area contributed by atoms with Crippen LogP contribution in [0.3, 0.4) is 0 Å². The number of anilines is 1. The quantitative estimate of drug-likeness (QED) is 0.338. The molecule has 1 fully saturated rings. The molecule has 0 aliphatic carbocycles. The van der Waals surface area contributed by atoms with Gasteiger partial charge in [0.05, 0.1) is 0 Å². The van der Waals surface area contributed by atoms with E-state index in [1.54, 1.807) is 23.6 Å². The summed E-state index contributed by atoms with van der Waals surface area (Å²) in [4.78, 5) is 40.1. The summed E-state index contributed by atoms with van der Waals surface area (Å²) in [6.45, 7) is 7.24. The lowest BCUT2D eigenvalue weighted by Gasteiger charge is -2.35. The average Bonchev–Trinajstić information content (AvgIpc) is 2.92. The number of hydrogen-bond donors (Lipinski definition) is 0. The minimum Gasteiger partial charge on any atom is -0.353 e. The Kier molecular flexibility index (Phi) is 8.59. The molecule has 1 saturated heterocycles. The third-order valence-corrected chi connectivity index (χ3v) is 7.23. The number of rotatable bonds is 8. The highest BCUT2D eigenvalue weighted by molar-refractivity contribution is 7.98. The van der Waals surface area contributed by atoms with Gasteiger partial charge >= 0.3 is 0 Å². The van der Waals surface area contributed by atoms with Crippen LogP contribution in [0.2, 0.25) is 0 Å². The van der Waals surface area contributed by atoms with Gasteiger partial charge in [-0.05, 0) is 29.7 Å². The van der Waals surface area contributed by atoms with Crippen molar-refractivity contribution in [2.75, 3.05) is 38.1 Å². The molecule has 0 spiro atoms. The number of aryl methyl sites for hydroxylation is 1. The van der Waals surface area contributed by atoms with Crippen LogP contribution in [0.1, 0.15) is 41.0 Å². The molecule has 36 heavy (non-hydrogen) atoms. The molecule has 1 aliphatic heterocycles. The van der Waals surface area contributed by atoms with E-state index in [1.807, 2.05) is 66.5 Å². The molecule has 0 radical (unpaired) electrons. The number of carbonyl (C=O) groups excluding carboxylic acids is 2. The molecule has 0 N–H and O–H groups in total. The number of benzene rings is 2. The number of thioether (sulfide) groups is 1. The second-order valence-electron chi connectivity index (χ2n) is 8.98. The van der Waals surface area contributed by atoms with E-state index in [9.17, 15) is 9.59 Å². The predicted octanol–water partition coefficient (Wildman–Crippen LogP) is 4.27. The van der Waals surface area contributed by atoms with Crippen molar-refractivity contribution in [1.82, 2.24) is 19.8 Å². The Balaban J connectivity index is 1.41. The Morgan fingerprint density at radius 2 is 1.67 bits per heavy atom. The molecule has 0 saturated carbocycles. The van der Waals surface area contributed by atoms with Crippen molar-refractivity contribution >= 4 is 29.4 Å². The molecule has 8 heteroatoms. The molecular weight excluding hydrogens is 470 g/mol. The van der Waals surface area contributed by atoms with Crippen LogP contribution in [-0.4, -0.2) is 64.8 Å². The Hall–Kier alpha value is -3.39. The second kappa shape index (κ2) is 12.0. The maximum atomic E-state index is 13.0. The third-order valence-electron chi connectivity index (χ3n) is 6.31. The SMILES string of the molecule is CCc1cc(N2CCN(C(C)=O)CC2)nc(SCc2cccc(C(=O)N(C)Cc3ccccc3)c2)n1. The summed E-state index contributed by atoms with van der Waals surface area (Å²) < 4.78 is 0. The van der Waals surface area contributed by atoms with Crippen LogP contribution in [0.15, 0.2) is 65.8 Å². The van der Waals surface area contributed by atoms with Gasteiger partial charge in [-0.3, -0.25) is 9.59 Å². The standard InChI is InChI=1S/C28H33N5O2S/c1-4-25-18-26(33-15-13-32(14-16-33)21(2)34)30-28(29-25)36-20-23-11-8-12-24(17-23)27(35)31(3)19-22-9-6-5-7-10-22/h5-12,17-18H,4,13-16,19-20H2,1-3H3. The minimum absolute atomic E-state index is 0.00178. The van der Waals surface area contributed by atoms with Crippen LogP contribution < -0.4 is 4.90 Å². The van der Waals surface area contributed by atoms with E-state index >= 15 is 0 Å². The van der Waals surface area contributed by atoms with Crippen LogP contribution in [0.25, 0.3) is 0 Å². The lowest BCUT2D eigenvalue weighted by atomic mass is 10.1. The van der Waals surface area contributed by atoms with Crippen LogP contribution >= 0.6 is 11.8 Å². The molecule has 0 bridgehead atoms. The smallest absolute Gasteiger partial charge is 0.253 e. The summed E-state index contributed by atoms with van der Waals surface area (Å²) in [6, 6.07) is 19.8. The number of amides is 2. The summed E-state index contributed by atoms with van der Waals surface area (Å²) >= 11 is 1.58. The first-order valence-electron chi connectivity index (χ1n) is 12.3. The van der Waals surface area contributed by atoms with E-state index in [1.165, 1.54) is 0 Å². The van der Waals surface area contributed by atoms with Gasteiger partial charge in [-0.25, -0.2) is 9.97 Å². The number of aromatic nitrogens is 2. The number of nitrogens with zero attached hydrogens (tertiary/aromatic N) is 5. The van der Waals surface area contributed by atoms with Crippen LogP contribution in [0, 0.1) is 0 Å². The highest BCUT2D eigenvalue weighted by atomic mass is 32.2. The predicted molar refractivity (Wildman–Crippen MR) is 144 cm³/mol. The first-order valence-corrected chi connectivity index (χ1v) is 13.3. The van der Waals surface area contributed by atoms with Gasteiger partial charge in [0.2, 0.25) is 5.91 Å². The zero-order chi connectivity index (χ0) is 25.5. The van der Waals surface area contributed by atoms with E-state index in [0.717, 1.165) is 47.3 Å². The minimum atomic E-state index is 0.00178. The number of piperazine rings is 1. The van der Waals surface area contributed by atoms with Gasteiger partial charge in [0.15, 0.2) is 5.16 Å². The molecule has 1 aliphatic rings. The molecule has 0 unspecified atom stereocenters. The average molecular weight is 504 g/mol. The van der Waals surface area contributed by atoms with Crippen LogP contribution in [-0.2, 0) is 23.5 Å². The Morgan fingerprint density at radius 1 is 0.944 bits per heavy atom. The van der Waals surface area contributed by atoms with E-state index in [-0.39, 0.29) is 11.8 Å². The number of hydrogen-bond acceptors (Lipinski definition) is 6. The molecule has 4 rings (SSSR count). The topological polar surface area (TPSA) is 69.6 Å². The molecule has 3 aromatic rings. The summed E-state index contributed by atoms with van der Waals surface area (Å²) in [5.74, 6) is 1.71.